The van der Waals surface area contributed by atoms with Crippen LogP contribution in [0, 0.1) is 5.92 Å². The highest BCUT2D eigenvalue weighted by Crippen LogP contribution is 2.31. The van der Waals surface area contributed by atoms with Crippen molar-refractivity contribution in [2.75, 3.05) is 11.4 Å². The molecule has 0 unspecified atom stereocenters. The van der Waals surface area contributed by atoms with Crippen molar-refractivity contribution in [3.05, 3.63) is 28.2 Å². The Labute approximate surface area is 137 Å². The maximum atomic E-state index is 12.5. The van der Waals surface area contributed by atoms with E-state index >= 15 is 0 Å². The zero-order valence-corrected chi connectivity index (χ0v) is 13.2. The molecule has 1 saturated heterocycles. The van der Waals surface area contributed by atoms with Gasteiger partial charge in [0.05, 0.1) is 5.69 Å². The number of benzene rings is 1. The van der Waals surface area contributed by atoms with Gasteiger partial charge in [-0.3, -0.25) is 14.5 Å². The number of urea groups is 1. The highest BCUT2D eigenvalue weighted by molar-refractivity contribution is 6.35. The number of rotatable bonds is 2. The first-order valence-corrected chi connectivity index (χ1v) is 7.87. The van der Waals surface area contributed by atoms with E-state index in [4.69, 9.17) is 23.2 Å². The minimum atomic E-state index is -0.625. The molecule has 0 atom stereocenters. The van der Waals surface area contributed by atoms with Gasteiger partial charge in [-0.2, -0.15) is 0 Å². The molecule has 0 aromatic heterocycles. The van der Waals surface area contributed by atoms with Gasteiger partial charge in [-0.15, -0.1) is 0 Å². The monoisotopic (exact) mass is 340 g/mol. The van der Waals surface area contributed by atoms with Crippen LogP contribution in [0.2, 0.25) is 10.0 Å². The molecule has 0 N–H and O–H groups in total. The van der Waals surface area contributed by atoms with Gasteiger partial charge in [0.15, 0.2) is 0 Å². The number of carbonyl (C=O) groups excluding carboxylic acids is 3. The molecule has 1 aromatic rings. The van der Waals surface area contributed by atoms with E-state index in [9.17, 15) is 14.4 Å². The number of hydrogen-bond donors (Lipinski definition) is 0. The van der Waals surface area contributed by atoms with E-state index in [1.807, 2.05) is 0 Å². The number of nitrogens with zero attached hydrogens (tertiary/aromatic N) is 2. The topological polar surface area (TPSA) is 57.7 Å². The molecule has 3 rings (SSSR count). The average Bonchev–Trinajstić information content (AvgIpc) is 3.05. The van der Waals surface area contributed by atoms with Crippen molar-refractivity contribution < 1.29 is 14.4 Å². The molecule has 116 valence electrons. The quantitative estimate of drug-likeness (QED) is 0.774. The number of amides is 4. The van der Waals surface area contributed by atoms with E-state index in [1.165, 1.54) is 18.2 Å². The van der Waals surface area contributed by atoms with Gasteiger partial charge in [0.25, 0.3) is 5.91 Å². The summed E-state index contributed by atoms with van der Waals surface area (Å²) in [5.41, 5.74) is 0.286. The Kier molecular flexibility index (Phi) is 4.10. The number of anilines is 1. The molecule has 1 saturated carbocycles. The van der Waals surface area contributed by atoms with Crippen LogP contribution < -0.4 is 4.90 Å². The fourth-order valence-electron chi connectivity index (χ4n) is 2.99. The molecule has 1 aliphatic carbocycles. The van der Waals surface area contributed by atoms with E-state index in [1.54, 1.807) is 0 Å². The van der Waals surface area contributed by atoms with Gasteiger partial charge < -0.3 is 0 Å². The summed E-state index contributed by atoms with van der Waals surface area (Å²) in [6.07, 6.45) is 3.53. The Hall–Kier alpha value is -1.59. The van der Waals surface area contributed by atoms with E-state index < -0.39 is 11.9 Å². The van der Waals surface area contributed by atoms with Crippen LogP contribution in [0.4, 0.5) is 10.5 Å². The second-order valence-corrected chi connectivity index (χ2v) is 6.42. The lowest BCUT2D eigenvalue weighted by Gasteiger charge is -2.18. The molecule has 5 nitrogen and oxygen atoms in total. The van der Waals surface area contributed by atoms with Gasteiger partial charge in [-0.25, -0.2) is 9.69 Å². The van der Waals surface area contributed by atoms with Gasteiger partial charge >= 0.3 is 6.03 Å². The van der Waals surface area contributed by atoms with Crippen LogP contribution in [0.25, 0.3) is 0 Å². The van der Waals surface area contributed by atoms with E-state index in [-0.39, 0.29) is 24.1 Å². The van der Waals surface area contributed by atoms with Gasteiger partial charge in [-0.1, -0.05) is 36.0 Å². The van der Waals surface area contributed by atoms with Gasteiger partial charge in [0.2, 0.25) is 5.91 Å². The van der Waals surface area contributed by atoms with Crippen molar-refractivity contribution >= 4 is 46.7 Å². The lowest BCUT2D eigenvalue weighted by Crippen LogP contribution is -2.39. The van der Waals surface area contributed by atoms with Crippen LogP contribution in [0.5, 0.6) is 0 Å². The van der Waals surface area contributed by atoms with Gasteiger partial charge in [-0.05, 0) is 31.0 Å². The molecular weight excluding hydrogens is 327 g/mol. The smallest absolute Gasteiger partial charge is 0.274 e. The van der Waals surface area contributed by atoms with Crippen LogP contribution in [0.3, 0.4) is 0 Å². The Balaban J connectivity index is 1.86. The second-order valence-electron chi connectivity index (χ2n) is 5.55. The summed E-state index contributed by atoms with van der Waals surface area (Å²) < 4.78 is 0. The lowest BCUT2D eigenvalue weighted by molar-refractivity contribution is -0.133. The third-order valence-corrected chi connectivity index (χ3v) is 4.48. The van der Waals surface area contributed by atoms with Crippen molar-refractivity contribution in [2.45, 2.75) is 25.7 Å². The lowest BCUT2D eigenvalue weighted by atomic mass is 10.1. The number of imide groups is 2. The predicted octanol–water partition coefficient (Wildman–Crippen LogP) is 3.48. The van der Waals surface area contributed by atoms with Crippen molar-refractivity contribution in [3.63, 3.8) is 0 Å². The first-order chi connectivity index (χ1) is 10.5. The SMILES string of the molecule is O=C(C1CCCC1)N1CC(=O)N(c2cc(Cl)cc(Cl)c2)C1=O. The third-order valence-electron chi connectivity index (χ3n) is 4.04. The maximum Gasteiger partial charge on any atom is 0.338 e. The molecule has 2 aliphatic rings. The highest BCUT2D eigenvalue weighted by Gasteiger charge is 2.43. The van der Waals surface area contributed by atoms with Gasteiger partial charge in [0.1, 0.15) is 6.54 Å². The number of hydrogen-bond acceptors (Lipinski definition) is 3. The van der Waals surface area contributed by atoms with Crippen molar-refractivity contribution in [2.24, 2.45) is 5.92 Å². The molecule has 1 heterocycles. The minimum Gasteiger partial charge on any atom is -0.274 e. The standard InChI is InChI=1S/C15H14Cl2N2O3/c16-10-5-11(17)7-12(6-10)19-13(20)8-18(15(19)22)14(21)9-3-1-2-4-9/h5-7,9H,1-4,8H2. The van der Waals surface area contributed by atoms with Crippen LogP contribution in [-0.2, 0) is 9.59 Å². The third kappa shape index (κ3) is 2.71. The summed E-state index contributed by atoms with van der Waals surface area (Å²) >= 11 is 11.8. The molecule has 2 fully saturated rings. The largest absolute Gasteiger partial charge is 0.338 e. The normalized spacial score (nSPS) is 19.4. The van der Waals surface area contributed by atoms with Crippen LogP contribution in [-0.4, -0.2) is 29.3 Å². The van der Waals surface area contributed by atoms with Crippen LogP contribution in [0.15, 0.2) is 18.2 Å². The predicted molar refractivity (Wildman–Crippen MR) is 83.0 cm³/mol. The second kappa shape index (κ2) is 5.89. The molecule has 7 heteroatoms. The summed E-state index contributed by atoms with van der Waals surface area (Å²) in [6.45, 7) is -0.224. The molecule has 1 aliphatic heterocycles. The molecule has 1 aromatic carbocycles. The fraction of sp³-hybridized carbons (Fsp3) is 0.400. The molecule has 0 bridgehead atoms. The highest BCUT2D eigenvalue weighted by atomic mass is 35.5. The van der Waals surface area contributed by atoms with E-state index in [2.05, 4.69) is 0 Å². The van der Waals surface area contributed by atoms with Crippen LogP contribution >= 0.6 is 23.2 Å². The molecule has 0 radical (unpaired) electrons. The van der Waals surface area contributed by atoms with Crippen LogP contribution in [0.1, 0.15) is 25.7 Å². The summed E-state index contributed by atoms with van der Waals surface area (Å²) in [5, 5.41) is 0.646. The number of carbonyl (C=O) groups is 3. The van der Waals surface area contributed by atoms with E-state index in [0.29, 0.717) is 10.0 Å². The zero-order chi connectivity index (χ0) is 15.9. The van der Waals surface area contributed by atoms with E-state index in [0.717, 1.165) is 35.5 Å². The summed E-state index contributed by atoms with van der Waals surface area (Å²) in [4.78, 5) is 39.0. The van der Waals surface area contributed by atoms with Gasteiger partial charge in [0, 0.05) is 16.0 Å². The first kappa shape index (κ1) is 15.3. The Bertz CT molecular complexity index is 636. The number of halogens is 2. The first-order valence-electron chi connectivity index (χ1n) is 7.12. The molecule has 4 amide bonds. The Morgan fingerprint density at radius 2 is 1.64 bits per heavy atom. The molecule has 0 spiro atoms. The van der Waals surface area contributed by atoms with Crippen molar-refractivity contribution in [3.8, 4) is 0 Å². The Morgan fingerprint density at radius 3 is 2.23 bits per heavy atom. The van der Waals surface area contributed by atoms with Crippen molar-refractivity contribution in [1.82, 2.24) is 4.90 Å². The molecular formula is C15H14Cl2N2O3. The minimum absolute atomic E-state index is 0.153. The summed E-state index contributed by atoms with van der Waals surface area (Å²) in [6, 6.07) is 3.85. The fourth-order valence-corrected chi connectivity index (χ4v) is 3.50. The van der Waals surface area contributed by atoms with Crippen molar-refractivity contribution in [1.29, 1.82) is 0 Å². The summed E-state index contributed by atoms with van der Waals surface area (Å²) in [7, 11) is 0. The maximum absolute atomic E-state index is 12.5. The average molecular weight is 341 g/mol. The molecule has 22 heavy (non-hydrogen) atoms. The zero-order valence-electron chi connectivity index (χ0n) is 11.7. The summed E-state index contributed by atoms with van der Waals surface area (Å²) in [5.74, 6) is -0.860. The Morgan fingerprint density at radius 1 is 1.05 bits per heavy atom.